The van der Waals surface area contributed by atoms with E-state index < -0.39 is 0 Å². The molecule has 22 heavy (non-hydrogen) atoms. The largest absolute Gasteiger partial charge is 0.360 e. The highest BCUT2D eigenvalue weighted by Crippen LogP contribution is 2.13. The molecule has 0 aliphatic rings. The Labute approximate surface area is 127 Å². The molecule has 7 nitrogen and oxygen atoms in total. The molecule has 1 aromatic carbocycles. The van der Waals surface area contributed by atoms with Crippen LogP contribution >= 0.6 is 0 Å². The average Bonchev–Trinajstić information content (AvgIpc) is 2.94. The monoisotopic (exact) mass is 296 g/mol. The van der Waals surface area contributed by atoms with Crippen molar-refractivity contribution >= 4 is 17.6 Å². The van der Waals surface area contributed by atoms with Crippen molar-refractivity contribution < 1.29 is 4.52 Å². The maximum absolute atomic E-state index is 4.99. The normalized spacial score (nSPS) is 10.4. The highest BCUT2D eigenvalue weighted by Gasteiger charge is 2.04. The number of hydrogen-bond donors (Lipinski definition) is 2. The van der Waals surface area contributed by atoms with E-state index in [-0.39, 0.29) is 0 Å². The quantitative estimate of drug-likeness (QED) is 0.722. The molecule has 0 saturated carbocycles. The third kappa shape index (κ3) is 3.78. The number of aromatic nitrogens is 4. The minimum atomic E-state index is 0.473. The molecule has 0 fully saturated rings. The van der Waals surface area contributed by atoms with Crippen molar-refractivity contribution in [3.05, 3.63) is 53.9 Å². The summed E-state index contributed by atoms with van der Waals surface area (Å²) in [6, 6.07) is 12.0. The predicted octanol–water partition coefficient (Wildman–Crippen LogP) is 2.57. The Balaban J connectivity index is 1.57. The van der Waals surface area contributed by atoms with Gasteiger partial charge in [0.2, 0.25) is 5.95 Å². The Hall–Kier alpha value is -2.96. The fourth-order valence-corrected chi connectivity index (χ4v) is 1.96. The standard InChI is InChI=1S/C15H16N6O/c1-11-9-13(21-22-11)18-14-10-17-20-15(19-14)16-8-7-12-5-3-2-4-6-12/h2-6,9-10H,7-8H2,1H3,(H2,16,18,19,20,21). The molecule has 0 radical (unpaired) electrons. The Morgan fingerprint density at radius 1 is 1.14 bits per heavy atom. The van der Waals surface area contributed by atoms with Gasteiger partial charge in [0.05, 0.1) is 6.20 Å². The first kappa shape index (κ1) is 14.0. The van der Waals surface area contributed by atoms with Crippen LogP contribution in [0.5, 0.6) is 0 Å². The highest BCUT2D eigenvalue weighted by atomic mass is 16.5. The van der Waals surface area contributed by atoms with Crippen LogP contribution in [0.2, 0.25) is 0 Å². The van der Waals surface area contributed by atoms with Gasteiger partial charge in [0.25, 0.3) is 0 Å². The fourth-order valence-electron chi connectivity index (χ4n) is 1.96. The van der Waals surface area contributed by atoms with Crippen LogP contribution in [0.3, 0.4) is 0 Å². The summed E-state index contributed by atoms with van der Waals surface area (Å²) in [6.45, 7) is 2.56. The van der Waals surface area contributed by atoms with Crippen LogP contribution in [0, 0.1) is 6.92 Å². The van der Waals surface area contributed by atoms with Crippen LogP contribution < -0.4 is 10.6 Å². The van der Waals surface area contributed by atoms with Gasteiger partial charge in [0.1, 0.15) is 5.76 Å². The molecule has 2 aromatic heterocycles. The summed E-state index contributed by atoms with van der Waals surface area (Å²) in [6.07, 6.45) is 2.43. The van der Waals surface area contributed by atoms with E-state index in [0.29, 0.717) is 17.6 Å². The second kappa shape index (κ2) is 6.66. The van der Waals surface area contributed by atoms with Gasteiger partial charge in [-0.3, -0.25) is 0 Å². The van der Waals surface area contributed by atoms with Gasteiger partial charge in [0.15, 0.2) is 11.6 Å². The topological polar surface area (TPSA) is 88.8 Å². The van der Waals surface area contributed by atoms with Crippen LogP contribution in [0.4, 0.5) is 17.6 Å². The van der Waals surface area contributed by atoms with Gasteiger partial charge in [-0.2, -0.15) is 10.1 Å². The highest BCUT2D eigenvalue weighted by molar-refractivity contribution is 5.51. The van der Waals surface area contributed by atoms with Gasteiger partial charge < -0.3 is 15.2 Å². The van der Waals surface area contributed by atoms with Crippen molar-refractivity contribution in [2.75, 3.05) is 17.2 Å². The van der Waals surface area contributed by atoms with Crippen LogP contribution in [-0.2, 0) is 6.42 Å². The molecule has 2 N–H and O–H groups in total. The minimum Gasteiger partial charge on any atom is -0.360 e. The van der Waals surface area contributed by atoms with Gasteiger partial charge in [-0.05, 0) is 18.9 Å². The number of hydrogen-bond acceptors (Lipinski definition) is 7. The van der Waals surface area contributed by atoms with Crippen molar-refractivity contribution in [2.24, 2.45) is 0 Å². The molecular weight excluding hydrogens is 280 g/mol. The van der Waals surface area contributed by atoms with E-state index in [1.807, 2.05) is 25.1 Å². The number of nitrogens with one attached hydrogen (secondary N) is 2. The number of nitrogens with zero attached hydrogens (tertiary/aromatic N) is 4. The number of anilines is 3. The smallest absolute Gasteiger partial charge is 0.244 e. The van der Waals surface area contributed by atoms with Crippen molar-refractivity contribution in [3.8, 4) is 0 Å². The Bertz CT molecular complexity index is 728. The summed E-state index contributed by atoms with van der Waals surface area (Å²) in [4.78, 5) is 4.33. The van der Waals surface area contributed by atoms with E-state index in [2.05, 4.69) is 43.1 Å². The van der Waals surface area contributed by atoms with E-state index in [4.69, 9.17) is 4.52 Å². The van der Waals surface area contributed by atoms with E-state index >= 15 is 0 Å². The lowest BCUT2D eigenvalue weighted by molar-refractivity contribution is 0.400. The molecule has 3 aromatic rings. The molecule has 0 spiro atoms. The lowest BCUT2D eigenvalue weighted by atomic mass is 10.1. The van der Waals surface area contributed by atoms with Crippen LogP contribution in [0.25, 0.3) is 0 Å². The molecule has 0 amide bonds. The van der Waals surface area contributed by atoms with Gasteiger partial charge in [-0.1, -0.05) is 35.5 Å². The summed E-state index contributed by atoms with van der Waals surface area (Å²) < 4.78 is 4.99. The molecule has 0 aliphatic heterocycles. The minimum absolute atomic E-state index is 0.473. The third-order valence-electron chi connectivity index (χ3n) is 2.98. The van der Waals surface area contributed by atoms with Gasteiger partial charge in [-0.25, -0.2) is 0 Å². The Morgan fingerprint density at radius 3 is 2.77 bits per heavy atom. The molecule has 2 heterocycles. The molecule has 0 atom stereocenters. The number of benzene rings is 1. The van der Waals surface area contributed by atoms with Gasteiger partial charge in [0, 0.05) is 12.6 Å². The molecule has 0 bridgehead atoms. The first-order chi connectivity index (χ1) is 10.8. The van der Waals surface area contributed by atoms with Gasteiger partial charge >= 0.3 is 0 Å². The van der Waals surface area contributed by atoms with Crippen molar-refractivity contribution in [2.45, 2.75) is 13.3 Å². The van der Waals surface area contributed by atoms with Crippen LogP contribution in [0.1, 0.15) is 11.3 Å². The van der Waals surface area contributed by atoms with Crippen LogP contribution in [0.15, 0.2) is 47.1 Å². The van der Waals surface area contributed by atoms with E-state index in [1.165, 1.54) is 11.8 Å². The number of rotatable bonds is 6. The lowest BCUT2D eigenvalue weighted by Crippen LogP contribution is -2.09. The average molecular weight is 296 g/mol. The maximum atomic E-state index is 4.99. The van der Waals surface area contributed by atoms with Crippen LogP contribution in [-0.4, -0.2) is 26.9 Å². The molecular formula is C15H16N6O. The summed E-state index contributed by atoms with van der Waals surface area (Å²) >= 11 is 0. The summed E-state index contributed by atoms with van der Waals surface area (Å²) in [5, 5.41) is 17.9. The molecule has 3 rings (SSSR count). The summed E-state index contributed by atoms with van der Waals surface area (Å²) in [5.41, 5.74) is 1.26. The first-order valence-corrected chi connectivity index (χ1v) is 6.97. The van der Waals surface area contributed by atoms with E-state index in [9.17, 15) is 0 Å². The SMILES string of the molecule is Cc1cc(Nc2cnnc(NCCc3ccccc3)n2)no1. The zero-order valence-electron chi connectivity index (χ0n) is 12.2. The Morgan fingerprint density at radius 2 is 2.00 bits per heavy atom. The first-order valence-electron chi connectivity index (χ1n) is 6.97. The maximum Gasteiger partial charge on any atom is 0.244 e. The van der Waals surface area contributed by atoms with E-state index in [1.54, 1.807) is 6.07 Å². The fraction of sp³-hybridized carbons (Fsp3) is 0.200. The zero-order chi connectivity index (χ0) is 15.2. The second-order valence-corrected chi connectivity index (χ2v) is 4.78. The van der Waals surface area contributed by atoms with Crippen molar-refractivity contribution in [1.29, 1.82) is 0 Å². The zero-order valence-corrected chi connectivity index (χ0v) is 12.2. The van der Waals surface area contributed by atoms with Crippen molar-refractivity contribution in [3.63, 3.8) is 0 Å². The number of aryl methyl sites for hydroxylation is 1. The molecule has 0 unspecified atom stereocenters. The predicted molar refractivity (Wildman–Crippen MR) is 83.0 cm³/mol. The molecule has 112 valence electrons. The van der Waals surface area contributed by atoms with Crippen molar-refractivity contribution in [1.82, 2.24) is 20.3 Å². The van der Waals surface area contributed by atoms with E-state index in [0.717, 1.165) is 18.7 Å². The Kier molecular flexibility index (Phi) is 4.24. The molecule has 0 aliphatic carbocycles. The summed E-state index contributed by atoms with van der Waals surface area (Å²) in [5.74, 6) is 2.35. The lowest BCUT2D eigenvalue weighted by Gasteiger charge is -2.06. The summed E-state index contributed by atoms with van der Waals surface area (Å²) in [7, 11) is 0. The third-order valence-corrected chi connectivity index (χ3v) is 2.98. The second-order valence-electron chi connectivity index (χ2n) is 4.78. The molecule has 0 saturated heterocycles. The molecule has 7 heteroatoms. The van der Waals surface area contributed by atoms with Gasteiger partial charge in [-0.15, -0.1) is 5.10 Å².